The molecule has 1 aliphatic heterocycles. The number of unbranched alkanes of at least 4 members (excludes halogenated alkanes) is 30. The van der Waals surface area contributed by atoms with Crippen molar-refractivity contribution in [3.63, 3.8) is 0 Å². The molecule has 1 rings (SSSR count). The molecule has 1 fully saturated rings. The molecule has 10 heteroatoms. The maximum atomic E-state index is 13.0. The largest absolute Gasteiger partial charge is 0.394 e. The maximum absolute atomic E-state index is 13.0. The highest BCUT2D eigenvalue weighted by Crippen LogP contribution is 2.23. The first-order chi connectivity index (χ1) is 27.8. The number of amides is 1. The minimum atomic E-state index is -1.60. The smallest absolute Gasteiger partial charge is 0.220 e. The van der Waals surface area contributed by atoms with Crippen LogP contribution in [0.5, 0.6) is 0 Å². The number of ether oxygens (including phenoxy) is 2. The van der Waals surface area contributed by atoms with E-state index in [1.807, 2.05) is 0 Å². The second kappa shape index (κ2) is 38.1. The van der Waals surface area contributed by atoms with Gasteiger partial charge in [0.05, 0.1) is 25.4 Å². The van der Waals surface area contributed by atoms with Crippen LogP contribution in [0.1, 0.15) is 232 Å². The van der Waals surface area contributed by atoms with Crippen molar-refractivity contribution in [1.29, 1.82) is 0 Å². The number of aliphatic hydroxyl groups excluding tert-OH is 6. The summed E-state index contributed by atoms with van der Waals surface area (Å²) < 4.78 is 11.1. The van der Waals surface area contributed by atoms with Crippen molar-refractivity contribution in [3.05, 3.63) is 0 Å². The van der Waals surface area contributed by atoms with E-state index in [2.05, 4.69) is 19.2 Å². The van der Waals surface area contributed by atoms with Crippen LogP contribution in [0.25, 0.3) is 0 Å². The van der Waals surface area contributed by atoms with Gasteiger partial charge in [0.1, 0.15) is 30.5 Å². The Morgan fingerprint density at radius 3 is 1.30 bits per heavy atom. The van der Waals surface area contributed by atoms with Crippen LogP contribution < -0.4 is 5.32 Å². The predicted molar refractivity (Wildman–Crippen MR) is 232 cm³/mol. The highest BCUT2D eigenvalue weighted by atomic mass is 16.7. The van der Waals surface area contributed by atoms with Crippen LogP contribution in [0.3, 0.4) is 0 Å². The summed E-state index contributed by atoms with van der Waals surface area (Å²) in [6.07, 6.45) is 31.4. The Balaban J connectivity index is 2.22. The third-order valence-corrected chi connectivity index (χ3v) is 12.1. The summed E-state index contributed by atoms with van der Waals surface area (Å²) in [5.41, 5.74) is 0. The lowest BCUT2D eigenvalue weighted by Gasteiger charge is -2.40. The molecule has 8 atom stereocenters. The summed E-state index contributed by atoms with van der Waals surface area (Å²) in [5, 5.41) is 64.9. The van der Waals surface area contributed by atoms with E-state index in [0.29, 0.717) is 6.42 Å². The molecular formula is C47H93NO9. The number of carbonyl (C=O) groups is 1. The van der Waals surface area contributed by atoms with E-state index in [9.17, 15) is 35.4 Å². The molecule has 0 radical (unpaired) electrons. The standard InChI is InChI=1S/C47H93NO9/c1-3-5-7-9-11-13-14-15-16-17-18-19-20-21-22-23-24-25-26-27-28-30-32-34-36-42(51)48-39(38-56-47-46(55)45(54)44(53)41(37-49)57-47)43(52)40(50)35-33-31-29-12-10-8-6-4-2/h39-41,43-47,49-50,52-55H,3-38H2,1-2H3,(H,48,51)/t39-,40+,41+,43-,44-,45?,46?,47+/m0/s1. The summed E-state index contributed by atoms with van der Waals surface area (Å²) >= 11 is 0. The number of rotatable bonds is 41. The maximum Gasteiger partial charge on any atom is 0.220 e. The summed E-state index contributed by atoms with van der Waals surface area (Å²) in [5.74, 6) is -0.255. The van der Waals surface area contributed by atoms with E-state index in [1.165, 1.54) is 161 Å². The van der Waals surface area contributed by atoms with E-state index in [0.717, 1.165) is 44.9 Å². The Morgan fingerprint density at radius 1 is 0.544 bits per heavy atom. The Kier molecular flexibility index (Phi) is 36.2. The molecular weight excluding hydrogens is 723 g/mol. The third kappa shape index (κ3) is 28.3. The number of hydrogen-bond donors (Lipinski definition) is 7. The number of hydrogen-bond acceptors (Lipinski definition) is 9. The molecule has 0 aromatic heterocycles. The molecule has 10 nitrogen and oxygen atoms in total. The molecule has 57 heavy (non-hydrogen) atoms. The van der Waals surface area contributed by atoms with Crippen molar-refractivity contribution in [2.24, 2.45) is 0 Å². The molecule has 7 N–H and O–H groups in total. The second-order valence-electron chi connectivity index (χ2n) is 17.4. The Morgan fingerprint density at radius 2 is 0.912 bits per heavy atom. The Bertz CT molecular complexity index is 880. The zero-order valence-corrected chi connectivity index (χ0v) is 37.0. The molecule has 0 aromatic carbocycles. The zero-order chi connectivity index (χ0) is 41.8. The van der Waals surface area contributed by atoms with E-state index in [-0.39, 0.29) is 18.9 Å². The number of carbonyl (C=O) groups excluding carboxylic acids is 1. The van der Waals surface area contributed by atoms with E-state index >= 15 is 0 Å². The van der Waals surface area contributed by atoms with Crippen molar-refractivity contribution in [2.75, 3.05) is 13.2 Å². The molecule has 1 aliphatic rings. The van der Waals surface area contributed by atoms with Crippen LogP contribution in [0.4, 0.5) is 0 Å². The monoisotopic (exact) mass is 816 g/mol. The minimum Gasteiger partial charge on any atom is -0.394 e. The first-order valence-electron chi connectivity index (χ1n) is 24.3. The second-order valence-corrected chi connectivity index (χ2v) is 17.4. The molecule has 0 aliphatic carbocycles. The summed E-state index contributed by atoms with van der Waals surface area (Å²) in [6, 6.07) is -0.983. The van der Waals surface area contributed by atoms with E-state index < -0.39 is 55.6 Å². The lowest BCUT2D eigenvalue weighted by atomic mass is 9.98. The van der Waals surface area contributed by atoms with Gasteiger partial charge in [-0.1, -0.05) is 213 Å². The first-order valence-corrected chi connectivity index (χ1v) is 24.3. The molecule has 0 bridgehead atoms. The lowest BCUT2D eigenvalue weighted by Crippen LogP contribution is -2.60. The van der Waals surface area contributed by atoms with Crippen LogP contribution in [0.2, 0.25) is 0 Å². The van der Waals surface area contributed by atoms with Crippen molar-refractivity contribution in [3.8, 4) is 0 Å². The van der Waals surface area contributed by atoms with Gasteiger partial charge in [-0.15, -0.1) is 0 Å². The van der Waals surface area contributed by atoms with Gasteiger partial charge < -0.3 is 45.4 Å². The molecule has 2 unspecified atom stereocenters. The fourth-order valence-electron chi connectivity index (χ4n) is 8.08. The number of nitrogens with one attached hydrogen (secondary N) is 1. The van der Waals surface area contributed by atoms with Gasteiger partial charge in [-0.25, -0.2) is 0 Å². The van der Waals surface area contributed by atoms with Gasteiger partial charge in [-0.05, 0) is 12.8 Å². The van der Waals surface area contributed by atoms with E-state index in [4.69, 9.17) is 9.47 Å². The highest BCUT2D eigenvalue weighted by molar-refractivity contribution is 5.76. The van der Waals surface area contributed by atoms with Crippen LogP contribution >= 0.6 is 0 Å². The van der Waals surface area contributed by atoms with Gasteiger partial charge in [-0.2, -0.15) is 0 Å². The highest BCUT2D eigenvalue weighted by Gasteiger charge is 2.44. The predicted octanol–water partition coefficient (Wildman–Crippen LogP) is 9.31. The topological polar surface area (TPSA) is 169 Å². The summed E-state index contributed by atoms with van der Waals surface area (Å²) in [7, 11) is 0. The van der Waals surface area contributed by atoms with Crippen LogP contribution in [0.15, 0.2) is 0 Å². The van der Waals surface area contributed by atoms with Crippen molar-refractivity contribution >= 4 is 5.91 Å². The normalized spacial score (nSPS) is 21.4. The van der Waals surface area contributed by atoms with E-state index in [1.54, 1.807) is 0 Å². The molecule has 1 amide bonds. The Labute approximate surface area is 349 Å². The molecule has 0 aromatic rings. The van der Waals surface area contributed by atoms with Crippen LogP contribution in [0, 0.1) is 0 Å². The third-order valence-electron chi connectivity index (χ3n) is 12.1. The Hall–Kier alpha value is -0.850. The first kappa shape index (κ1) is 54.2. The SMILES string of the molecule is CCCCCCCCCCCCCCCCCCCCCCCCCCC(=O)N[C@@H](CO[C@@H]1O[C@H](CO)[C@H](O)C(O)C1O)[C@H](O)[C@H](O)CCCCCCCCCC. The molecule has 1 heterocycles. The molecule has 340 valence electrons. The van der Waals surface area contributed by atoms with Gasteiger partial charge in [0.25, 0.3) is 0 Å². The fourth-order valence-corrected chi connectivity index (χ4v) is 8.08. The summed E-state index contributed by atoms with van der Waals surface area (Å²) in [6.45, 7) is 3.58. The van der Waals surface area contributed by atoms with Crippen LogP contribution in [-0.2, 0) is 14.3 Å². The van der Waals surface area contributed by atoms with Gasteiger partial charge >= 0.3 is 0 Å². The molecule has 0 spiro atoms. The molecule has 1 saturated heterocycles. The van der Waals surface area contributed by atoms with Crippen molar-refractivity contribution < 1.29 is 44.9 Å². The lowest BCUT2D eigenvalue weighted by molar-refractivity contribution is -0.303. The van der Waals surface area contributed by atoms with Gasteiger partial charge in [0, 0.05) is 6.42 Å². The fraction of sp³-hybridized carbons (Fsp3) is 0.979. The van der Waals surface area contributed by atoms with Gasteiger partial charge in [-0.3, -0.25) is 4.79 Å². The van der Waals surface area contributed by atoms with Gasteiger partial charge in [0.2, 0.25) is 5.91 Å². The van der Waals surface area contributed by atoms with Crippen LogP contribution in [-0.4, -0.2) is 98.7 Å². The minimum absolute atomic E-state index is 0.255. The van der Waals surface area contributed by atoms with Crippen molar-refractivity contribution in [1.82, 2.24) is 5.32 Å². The molecule has 0 saturated carbocycles. The summed E-state index contributed by atoms with van der Waals surface area (Å²) in [4.78, 5) is 13.0. The van der Waals surface area contributed by atoms with Gasteiger partial charge in [0.15, 0.2) is 6.29 Å². The average Bonchev–Trinajstić information content (AvgIpc) is 3.21. The van der Waals surface area contributed by atoms with Crippen molar-refractivity contribution in [2.45, 2.75) is 281 Å². The zero-order valence-electron chi connectivity index (χ0n) is 37.0. The quantitative estimate of drug-likeness (QED) is 0.0298. The average molecular weight is 816 g/mol. The number of aliphatic hydroxyl groups is 6.